The molecule has 2 aromatic carbocycles. The van der Waals surface area contributed by atoms with Crippen molar-refractivity contribution >= 4 is 23.0 Å². The van der Waals surface area contributed by atoms with E-state index in [2.05, 4.69) is 46.6 Å². The highest BCUT2D eigenvalue weighted by atomic mass is 35.5. The third kappa shape index (κ3) is 2.29. The van der Waals surface area contributed by atoms with E-state index in [0.717, 1.165) is 30.3 Å². The van der Waals surface area contributed by atoms with Gasteiger partial charge in [-0.15, -0.1) is 0 Å². The second-order valence-electron chi connectivity index (χ2n) is 4.50. The van der Waals surface area contributed by atoms with Crippen LogP contribution in [-0.4, -0.2) is 13.2 Å². The molecule has 1 heterocycles. The third-order valence-electron chi connectivity index (χ3n) is 3.27. The standard InChI is InChI=1S/C15H15ClN2/c16-13-6-7-15-14(10-13)17-11-18(15)9-8-12-4-2-1-3-5-12/h1-7,10,17H,8-9,11H2. The molecule has 92 valence electrons. The number of nitrogens with zero attached hydrogens (tertiary/aromatic N) is 1. The van der Waals surface area contributed by atoms with Crippen molar-refractivity contribution in [2.24, 2.45) is 0 Å². The summed E-state index contributed by atoms with van der Waals surface area (Å²) in [5.74, 6) is 0. The quantitative estimate of drug-likeness (QED) is 0.902. The highest BCUT2D eigenvalue weighted by Crippen LogP contribution is 2.33. The van der Waals surface area contributed by atoms with Crippen molar-refractivity contribution in [2.75, 3.05) is 23.4 Å². The Hall–Kier alpha value is -1.67. The maximum atomic E-state index is 5.99. The lowest BCUT2D eigenvalue weighted by molar-refractivity contribution is 0.840. The van der Waals surface area contributed by atoms with Gasteiger partial charge in [0.1, 0.15) is 0 Å². The Labute approximate surface area is 112 Å². The van der Waals surface area contributed by atoms with E-state index in [1.54, 1.807) is 0 Å². The second-order valence-corrected chi connectivity index (χ2v) is 4.93. The molecule has 0 aliphatic carbocycles. The van der Waals surface area contributed by atoms with Gasteiger partial charge in [0, 0.05) is 11.6 Å². The van der Waals surface area contributed by atoms with Crippen LogP contribution in [0.2, 0.25) is 5.02 Å². The van der Waals surface area contributed by atoms with Gasteiger partial charge in [0.15, 0.2) is 0 Å². The van der Waals surface area contributed by atoms with Crippen LogP contribution in [0, 0.1) is 0 Å². The second kappa shape index (κ2) is 4.91. The van der Waals surface area contributed by atoms with Crippen molar-refractivity contribution in [1.29, 1.82) is 0 Å². The van der Waals surface area contributed by atoms with E-state index in [4.69, 9.17) is 11.6 Å². The fourth-order valence-electron chi connectivity index (χ4n) is 2.30. The van der Waals surface area contributed by atoms with E-state index in [1.807, 2.05) is 12.1 Å². The van der Waals surface area contributed by atoms with Gasteiger partial charge >= 0.3 is 0 Å². The molecule has 1 N–H and O–H groups in total. The molecule has 2 aromatic rings. The third-order valence-corrected chi connectivity index (χ3v) is 3.51. The maximum absolute atomic E-state index is 5.99. The number of rotatable bonds is 3. The zero-order valence-corrected chi connectivity index (χ0v) is 10.8. The van der Waals surface area contributed by atoms with Crippen molar-refractivity contribution in [1.82, 2.24) is 0 Å². The van der Waals surface area contributed by atoms with E-state index in [9.17, 15) is 0 Å². The molecule has 3 heteroatoms. The highest BCUT2D eigenvalue weighted by Gasteiger charge is 2.17. The van der Waals surface area contributed by atoms with Crippen molar-refractivity contribution in [3.05, 3.63) is 59.1 Å². The minimum atomic E-state index is 0.783. The summed E-state index contributed by atoms with van der Waals surface area (Å²) in [6.07, 6.45) is 1.06. The summed E-state index contributed by atoms with van der Waals surface area (Å²) >= 11 is 5.99. The van der Waals surface area contributed by atoms with E-state index in [1.165, 1.54) is 11.3 Å². The van der Waals surface area contributed by atoms with Gasteiger partial charge in [-0.1, -0.05) is 41.9 Å². The first-order chi connectivity index (χ1) is 8.83. The first-order valence-corrected chi connectivity index (χ1v) is 6.53. The van der Waals surface area contributed by atoms with Crippen molar-refractivity contribution in [3.8, 4) is 0 Å². The zero-order chi connectivity index (χ0) is 12.4. The van der Waals surface area contributed by atoms with Crippen LogP contribution >= 0.6 is 11.6 Å². The van der Waals surface area contributed by atoms with Gasteiger partial charge in [0.05, 0.1) is 18.0 Å². The van der Waals surface area contributed by atoms with Gasteiger partial charge in [0.2, 0.25) is 0 Å². The Morgan fingerprint density at radius 2 is 1.94 bits per heavy atom. The van der Waals surface area contributed by atoms with E-state index >= 15 is 0 Å². The molecule has 1 aliphatic heterocycles. The van der Waals surface area contributed by atoms with Crippen molar-refractivity contribution in [2.45, 2.75) is 6.42 Å². The molecule has 0 spiro atoms. The van der Waals surface area contributed by atoms with E-state index in [0.29, 0.717) is 0 Å². The van der Waals surface area contributed by atoms with Crippen LogP contribution in [-0.2, 0) is 6.42 Å². The van der Waals surface area contributed by atoms with E-state index < -0.39 is 0 Å². The summed E-state index contributed by atoms with van der Waals surface area (Å²) in [5.41, 5.74) is 3.76. The number of nitrogens with one attached hydrogen (secondary N) is 1. The monoisotopic (exact) mass is 258 g/mol. The SMILES string of the molecule is Clc1ccc2c(c1)NCN2CCc1ccccc1. The molecular formula is C15H15ClN2. The largest absolute Gasteiger partial charge is 0.366 e. The van der Waals surface area contributed by atoms with Crippen molar-refractivity contribution in [3.63, 3.8) is 0 Å². The summed E-state index contributed by atoms with van der Waals surface area (Å²) < 4.78 is 0. The Bertz CT molecular complexity index is 539. The predicted molar refractivity (Wildman–Crippen MR) is 77.4 cm³/mol. The lowest BCUT2D eigenvalue weighted by Gasteiger charge is -2.17. The molecule has 18 heavy (non-hydrogen) atoms. The fourth-order valence-corrected chi connectivity index (χ4v) is 2.47. The molecule has 0 saturated carbocycles. The number of hydrogen-bond acceptors (Lipinski definition) is 2. The Morgan fingerprint density at radius 3 is 2.78 bits per heavy atom. The molecule has 2 nitrogen and oxygen atoms in total. The van der Waals surface area contributed by atoms with Crippen molar-refractivity contribution < 1.29 is 0 Å². The average Bonchev–Trinajstić information content (AvgIpc) is 2.80. The van der Waals surface area contributed by atoms with E-state index in [-0.39, 0.29) is 0 Å². The van der Waals surface area contributed by atoms with Crippen LogP contribution in [0.1, 0.15) is 5.56 Å². The number of halogens is 1. The fraction of sp³-hybridized carbons (Fsp3) is 0.200. The molecule has 0 unspecified atom stereocenters. The Kier molecular flexibility index (Phi) is 3.11. The lowest BCUT2D eigenvalue weighted by atomic mass is 10.1. The Balaban J connectivity index is 1.70. The Morgan fingerprint density at radius 1 is 1.11 bits per heavy atom. The van der Waals surface area contributed by atoms with Gasteiger partial charge in [0.25, 0.3) is 0 Å². The number of anilines is 2. The molecule has 3 rings (SSSR count). The summed E-state index contributed by atoms with van der Waals surface area (Å²) in [7, 11) is 0. The molecule has 0 bridgehead atoms. The topological polar surface area (TPSA) is 15.3 Å². The lowest BCUT2D eigenvalue weighted by Crippen LogP contribution is -2.25. The molecule has 0 atom stereocenters. The number of fused-ring (bicyclic) bond motifs is 1. The number of hydrogen-bond donors (Lipinski definition) is 1. The molecule has 0 radical (unpaired) electrons. The van der Waals surface area contributed by atoms with Crippen LogP contribution in [0.15, 0.2) is 48.5 Å². The minimum Gasteiger partial charge on any atom is -0.366 e. The molecule has 0 aromatic heterocycles. The predicted octanol–water partition coefficient (Wildman–Crippen LogP) is 3.77. The first-order valence-electron chi connectivity index (χ1n) is 6.15. The zero-order valence-electron chi connectivity index (χ0n) is 10.1. The van der Waals surface area contributed by atoms with Crippen LogP contribution in [0.25, 0.3) is 0 Å². The summed E-state index contributed by atoms with van der Waals surface area (Å²) in [6.45, 7) is 1.88. The minimum absolute atomic E-state index is 0.783. The van der Waals surface area contributed by atoms with Crippen LogP contribution in [0.4, 0.5) is 11.4 Å². The molecule has 1 aliphatic rings. The normalized spacial score (nSPS) is 13.3. The molecule has 0 fully saturated rings. The van der Waals surface area contributed by atoms with Gasteiger partial charge in [-0.3, -0.25) is 0 Å². The summed E-state index contributed by atoms with van der Waals surface area (Å²) in [4.78, 5) is 2.35. The molecular weight excluding hydrogens is 244 g/mol. The van der Waals surface area contributed by atoms with Gasteiger partial charge < -0.3 is 10.2 Å². The summed E-state index contributed by atoms with van der Waals surface area (Å²) in [6, 6.07) is 16.6. The van der Waals surface area contributed by atoms with Crippen LogP contribution in [0.5, 0.6) is 0 Å². The van der Waals surface area contributed by atoms with Gasteiger partial charge in [-0.05, 0) is 30.2 Å². The van der Waals surface area contributed by atoms with Gasteiger partial charge in [-0.25, -0.2) is 0 Å². The summed E-state index contributed by atoms with van der Waals surface area (Å²) in [5, 5.41) is 4.15. The smallest absolute Gasteiger partial charge is 0.0877 e. The van der Waals surface area contributed by atoms with Gasteiger partial charge in [-0.2, -0.15) is 0 Å². The maximum Gasteiger partial charge on any atom is 0.0877 e. The molecule has 0 saturated heterocycles. The molecule has 0 amide bonds. The van der Waals surface area contributed by atoms with Crippen LogP contribution in [0.3, 0.4) is 0 Å². The first kappa shape index (κ1) is 11.4. The number of benzene rings is 2. The average molecular weight is 259 g/mol. The van der Waals surface area contributed by atoms with Crippen LogP contribution < -0.4 is 10.2 Å². The highest BCUT2D eigenvalue weighted by molar-refractivity contribution is 6.31.